The van der Waals surface area contributed by atoms with Crippen molar-refractivity contribution in [3.63, 3.8) is 0 Å². The minimum atomic E-state index is -0.380. The average Bonchev–Trinajstić information content (AvgIpc) is 2.78. The number of carbonyl (C=O) groups excluding carboxylic acids is 1. The van der Waals surface area contributed by atoms with Crippen molar-refractivity contribution in [2.45, 2.75) is 0 Å². The number of aliphatic hydroxyl groups excluding tert-OH is 1. The van der Waals surface area contributed by atoms with Crippen LogP contribution in [0, 0.1) is 23.7 Å². The van der Waals surface area contributed by atoms with E-state index >= 15 is 0 Å². The first-order valence-corrected chi connectivity index (χ1v) is 9.06. The number of benzene rings is 2. The van der Waals surface area contributed by atoms with Gasteiger partial charge in [0.1, 0.15) is 0 Å². The maximum absolute atomic E-state index is 11.4. The van der Waals surface area contributed by atoms with E-state index in [1.54, 1.807) is 30.3 Å². The van der Waals surface area contributed by atoms with E-state index < -0.39 is 0 Å². The van der Waals surface area contributed by atoms with Gasteiger partial charge in [0.25, 0.3) is 0 Å². The third-order valence-electron chi connectivity index (χ3n) is 4.17. The second kappa shape index (κ2) is 9.73. The van der Waals surface area contributed by atoms with E-state index in [0.717, 1.165) is 16.8 Å². The Morgan fingerprint density at radius 1 is 1.07 bits per heavy atom. The average molecular weight is 397 g/mol. The smallest absolute Gasteiger partial charge is 0.337 e. The van der Waals surface area contributed by atoms with E-state index in [9.17, 15) is 9.90 Å². The molecule has 2 aromatic rings. The molecule has 3 rings (SSSR count). The van der Waals surface area contributed by atoms with Crippen LogP contribution in [-0.4, -0.2) is 24.7 Å². The molecule has 1 aliphatic heterocycles. The molecule has 5 nitrogen and oxygen atoms in total. The van der Waals surface area contributed by atoms with Crippen molar-refractivity contribution in [3.05, 3.63) is 101 Å². The molecular weight excluding hydrogens is 378 g/mol. The summed E-state index contributed by atoms with van der Waals surface area (Å²) in [6.45, 7) is 4.07. The van der Waals surface area contributed by atoms with Crippen LogP contribution in [0.4, 0.5) is 5.69 Å². The molecule has 1 aliphatic rings. The summed E-state index contributed by atoms with van der Waals surface area (Å²) < 4.78 is 9.96. The molecule has 2 aromatic carbocycles. The Hall–Kier alpha value is -4.35. The Labute approximate surface area is 175 Å². The molecule has 0 radical (unpaired) electrons. The van der Waals surface area contributed by atoms with Crippen molar-refractivity contribution in [3.8, 4) is 23.7 Å². The summed E-state index contributed by atoms with van der Waals surface area (Å²) in [5, 5.41) is 13.1. The van der Waals surface area contributed by atoms with Crippen LogP contribution in [0.15, 0.2) is 84.5 Å². The van der Waals surface area contributed by atoms with Crippen molar-refractivity contribution < 1.29 is 19.4 Å². The Balaban J connectivity index is 1.56. The molecule has 0 unspecified atom stereocenters. The fourth-order valence-electron chi connectivity index (χ4n) is 2.51. The monoisotopic (exact) mass is 397 g/mol. The summed E-state index contributed by atoms with van der Waals surface area (Å²) in [5.41, 5.74) is 3.44. The van der Waals surface area contributed by atoms with Gasteiger partial charge in [-0.05, 0) is 66.4 Å². The zero-order valence-corrected chi connectivity index (χ0v) is 16.4. The Kier molecular flexibility index (Phi) is 6.61. The number of hydrogen-bond donors (Lipinski definition) is 2. The van der Waals surface area contributed by atoms with Gasteiger partial charge < -0.3 is 19.9 Å². The molecule has 0 spiro atoms. The number of allylic oxidation sites excluding steroid dienone is 1. The minimum Gasteiger partial charge on any atom is -0.504 e. The molecule has 2 N–H and O–H groups in total. The number of ether oxygens (including phenoxy) is 2. The molecule has 5 heteroatoms. The first-order chi connectivity index (χ1) is 14.6. The Morgan fingerprint density at radius 3 is 2.27 bits per heavy atom. The van der Waals surface area contributed by atoms with Gasteiger partial charge in [-0.2, -0.15) is 0 Å². The van der Waals surface area contributed by atoms with Gasteiger partial charge in [-0.25, -0.2) is 4.79 Å². The summed E-state index contributed by atoms with van der Waals surface area (Å²) in [4.78, 5) is 11.4. The van der Waals surface area contributed by atoms with Gasteiger partial charge in [-0.3, -0.25) is 0 Å². The minimum absolute atomic E-state index is 0.0472. The molecule has 0 aromatic heterocycles. The quantitative estimate of drug-likeness (QED) is 0.599. The van der Waals surface area contributed by atoms with Crippen molar-refractivity contribution in [2.24, 2.45) is 0 Å². The summed E-state index contributed by atoms with van der Waals surface area (Å²) in [5.74, 6) is 11.6. The van der Waals surface area contributed by atoms with E-state index in [1.165, 1.54) is 13.4 Å². The highest BCUT2D eigenvalue weighted by atomic mass is 16.5. The summed E-state index contributed by atoms with van der Waals surface area (Å²) in [7, 11) is 1.34. The topological polar surface area (TPSA) is 67.8 Å². The van der Waals surface area contributed by atoms with Gasteiger partial charge in [0.05, 0.1) is 25.5 Å². The zero-order valence-electron chi connectivity index (χ0n) is 16.4. The molecule has 148 valence electrons. The van der Waals surface area contributed by atoms with Crippen LogP contribution < -0.4 is 5.32 Å². The van der Waals surface area contributed by atoms with Crippen molar-refractivity contribution in [1.82, 2.24) is 0 Å². The van der Waals surface area contributed by atoms with Crippen molar-refractivity contribution in [2.75, 3.05) is 19.0 Å². The predicted octanol–water partition coefficient (Wildman–Crippen LogP) is 4.16. The lowest BCUT2D eigenvalue weighted by atomic mass is 10.1. The highest BCUT2D eigenvalue weighted by molar-refractivity contribution is 5.89. The van der Waals surface area contributed by atoms with Crippen LogP contribution in [0.2, 0.25) is 0 Å². The van der Waals surface area contributed by atoms with E-state index in [2.05, 4.69) is 40.3 Å². The van der Waals surface area contributed by atoms with E-state index in [4.69, 9.17) is 4.74 Å². The second-order valence-electron chi connectivity index (χ2n) is 6.22. The normalized spacial score (nSPS) is 12.1. The van der Waals surface area contributed by atoms with E-state index in [0.29, 0.717) is 23.4 Å². The number of anilines is 1. The SMILES string of the molecule is C=C1C=COC(CNc2ccc(C#CC#Cc3ccc(C(=O)OC)cc3)cc2)=C1O. The number of rotatable bonds is 4. The van der Waals surface area contributed by atoms with Gasteiger partial charge in [-0.15, -0.1) is 0 Å². The van der Waals surface area contributed by atoms with Crippen molar-refractivity contribution in [1.29, 1.82) is 0 Å². The number of methoxy groups -OCH3 is 1. The lowest BCUT2D eigenvalue weighted by molar-refractivity contribution is 0.0600. The maximum atomic E-state index is 11.4. The van der Waals surface area contributed by atoms with Crippen molar-refractivity contribution >= 4 is 11.7 Å². The van der Waals surface area contributed by atoms with E-state index in [1.807, 2.05) is 24.3 Å². The number of nitrogens with one attached hydrogen (secondary N) is 1. The molecule has 0 fully saturated rings. The van der Waals surface area contributed by atoms with Crippen LogP contribution in [0.1, 0.15) is 21.5 Å². The molecular formula is C25H19NO4. The lowest BCUT2D eigenvalue weighted by Crippen LogP contribution is -2.11. The Bertz CT molecular complexity index is 1130. The van der Waals surface area contributed by atoms with Crippen LogP contribution in [-0.2, 0) is 9.47 Å². The number of hydrogen-bond acceptors (Lipinski definition) is 5. The predicted molar refractivity (Wildman–Crippen MR) is 115 cm³/mol. The second-order valence-corrected chi connectivity index (χ2v) is 6.22. The maximum Gasteiger partial charge on any atom is 0.337 e. The molecule has 0 atom stereocenters. The van der Waals surface area contributed by atoms with Crippen LogP contribution in [0.5, 0.6) is 0 Å². The fraction of sp³-hybridized carbons (Fsp3) is 0.0800. The van der Waals surface area contributed by atoms with Crippen LogP contribution >= 0.6 is 0 Å². The lowest BCUT2D eigenvalue weighted by Gasteiger charge is -2.15. The molecule has 0 bridgehead atoms. The van der Waals surface area contributed by atoms with Gasteiger partial charge in [0, 0.05) is 22.4 Å². The third kappa shape index (κ3) is 5.34. The first-order valence-electron chi connectivity index (χ1n) is 9.06. The highest BCUT2D eigenvalue weighted by Crippen LogP contribution is 2.19. The van der Waals surface area contributed by atoms with Gasteiger partial charge >= 0.3 is 5.97 Å². The van der Waals surface area contributed by atoms with Gasteiger partial charge in [0.15, 0.2) is 11.5 Å². The largest absolute Gasteiger partial charge is 0.504 e. The number of aliphatic hydroxyl groups is 1. The summed E-state index contributed by atoms with van der Waals surface area (Å²) in [6, 6.07) is 14.3. The molecule has 1 heterocycles. The summed E-state index contributed by atoms with van der Waals surface area (Å²) in [6.07, 6.45) is 3.10. The first kappa shape index (κ1) is 20.4. The molecule has 0 saturated heterocycles. The zero-order chi connectivity index (χ0) is 21.3. The highest BCUT2D eigenvalue weighted by Gasteiger charge is 2.12. The molecule has 0 amide bonds. The standard InChI is InChI=1S/C25H19NO4/c1-18-15-16-30-23(24(18)27)17-26-22-13-9-20(10-14-22)6-4-3-5-19-7-11-21(12-8-19)25(28)29-2/h7-16,26-27H,1,17H2,2H3. The molecule has 30 heavy (non-hydrogen) atoms. The number of esters is 1. The Morgan fingerprint density at radius 2 is 1.67 bits per heavy atom. The molecule has 0 saturated carbocycles. The van der Waals surface area contributed by atoms with Crippen LogP contribution in [0.25, 0.3) is 0 Å². The summed E-state index contributed by atoms with van der Waals surface area (Å²) >= 11 is 0. The molecule has 0 aliphatic carbocycles. The van der Waals surface area contributed by atoms with Gasteiger partial charge in [-0.1, -0.05) is 18.4 Å². The van der Waals surface area contributed by atoms with Gasteiger partial charge in [0.2, 0.25) is 0 Å². The third-order valence-corrected chi connectivity index (χ3v) is 4.17. The fourth-order valence-corrected chi connectivity index (χ4v) is 2.51. The van der Waals surface area contributed by atoms with Crippen LogP contribution in [0.3, 0.4) is 0 Å². The number of carbonyl (C=O) groups is 1. The van der Waals surface area contributed by atoms with E-state index in [-0.39, 0.29) is 11.7 Å².